The van der Waals surface area contributed by atoms with Gasteiger partial charge in [-0.25, -0.2) is 0 Å². The highest BCUT2D eigenvalue weighted by Crippen LogP contribution is 2.53. The molecular formula is C9H18NO5P. The fourth-order valence-corrected chi connectivity index (χ4v) is 3.07. The van der Waals surface area contributed by atoms with Crippen molar-refractivity contribution in [3.05, 3.63) is 0 Å². The highest BCUT2D eigenvalue weighted by Gasteiger charge is 2.36. The molecule has 0 aromatic heterocycles. The Morgan fingerprint density at radius 1 is 1.44 bits per heavy atom. The quantitative estimate of drug-likeness (QED) is 0.567. The van der Waals surface area contributed by atoms with E-state index >= 15 is 0 Å². The molecular weight excluding hydrogens is 233 g/mol. The fourth-order valence-electron chi connectivity index (χ4n) is 1.17. The standard InChI is InChI=1S/C9H18NO5P/c1-9(2)5-14-16(13,15-6-9)4-3-8(12)10-7-11/h11H,3-7H2,1-2H3,(H,10,12). The summed E-state index contributed by atoms with van der Waals surface area (Å²) in [7, 11) is -3.11. The van der Waals surface area contributed by atoms with E-state index in [4.69, 9.17) is 14.2 Å². The summed E-state index contributed by atoms with van der Waals surface area (Å²) in [5.41, 5.74) is -0.138. The lowest BCUT2D eigenvalue weighted by Gasteiger charge is -2.33. The minimum atomic E-state index is -3.11. The van der Waals surface area contributed by atoms with E-state index in [1.165, 1.54) is 0 Å². The van der Waals surface area contributed by atoms with Gasteiger partial charge in [0.2, 0.25) is 5.91 Å². The number of nitrogens with one attached hydrogen (secondary N) is 1. The van der Waals surface area contributed by atoms with Gasteiger partial charge in [0.15, 0.2) is 0 Å². The lowest BCUT2D eigenvalue weighted by atomic mass is 9.97. The maximum absolute atomic E-state index is 11.9. The highest BCUT2D eigenvalue weighted by atomic mass is 31.2. The Labute approximate surface area is 94.8 Å². The smallest absolute Gasteiger partial charge is 0.331 e. The summed E-state index contributed by atoms with van der Waals surface area (Å²) < 4.78 is 22.3. The van der Waals surface area contributed by atoms with Crippen LogP contribution >= 0.6 is 7.60 Å². The van der Waals surface area contributed by atoms with Crippen LogP contribution in [0.15, 0.2) is 0 Å². The van der Waals surface area contributed by atoms with Crippen molar-refractivity contribution < 1.29 is 23.5 Å². The van der Waals surface area contributed by atoms with Gasteiger partial charge in [-0.3, -0.25) is 9.36 Å². The molecule has 1 saturated heterocycles. The van der Waals surface area contributed by atoms with E-state index in [2.05, 4.69) is 5.32 Å². The number of amides is 1. The third kappa shape index (κ3) is 4.22. The molecule has 94 valence electrons. The van der Waals surface area contributed by atoms with Crippen molar-refractivity contribution in [3.8, 4) is 0 Å². The van der Waals surface area contributed by atoms with Crippen LogP contribution in [0.4, 0.5) is 0 Å². The lowest BCUT2D eigenvalue weighted by Crippen LogP contribution is -2.31. The zero-order valence-electron chi connectivity index (χ0n) is 9.56. The van der Waals surface area contributed by atoms with Crippen LogP contribution < -0.4 is 5.32 Å². The topological polar surface area (TPSA) is 84.9 Å². The predicted molar refractivity (Wildman–Crippen MR) is 58.0 cm³/mol. The van der Waals surface area contributed by atoms with Crippen molar-refractivity contribution in [2.75, 3.05) is 26.1 Å². The molecule has 0 atom stereocenters. The number of hydrogen-bond acceptors (Lipinski definition) is 5. The summed E-state index contributed by atoms with van der Waals surface area (Å²) in [5.74, 6) is -0.366. The second-order valence-corrected chi connectivity index (χ2v) is 6.74. The first-order chi connectivity index (χ1) is 7.37. The molecule has 0 aromatic rings. The number of carbonyl (C=O) groups is 1. The van der Waals surface area contributed by atoms with Crippen LogP contribution in [0.5, 0.6) is 0 Å². The van der Waals surface area contributed by atoms with Crippen LogP contribution in [0, 0.1) is 5.41 Å². The van der Waals surface area contributed by atoms with Crippen LogP contribution in [0.3, 0.4) is 0 Å². The Morgan fingerprint density at radius 3 is 2.50 bits per heavy atom. The van der Waals surface area contributed by atoms with Crippen molar-refractivity contribution in [2.24, 2.45) is 5.41 Å². The van der Waals surface area contributed by atoms with Gasteiger partial charge in [0.05, 0.1) is 19.4 Å². The average molecular weight is 251 g/mol. The minimum Gasteiger partial charge on any atom is -0.377 e. The molecule has 1 aliphatic heterocycles. The number of aliphatic hydroxyl groups is 1. The summed E-state index contributed by atoms with van der Waals surface area (Å²) >= 11 is 0. The highest BCUT2D eigenvalue weighted by molar-refractivity contribution is 7.53. The van der Waals surface area contributed by atoms with Gasteiger partial charge in [-0.15, -0.1) is 0 Å². The van der Waals surface area contributed by atoms with E-state index in [-0.39, 0.29) is 23.9 Å². The van der Waals surface area contributed by atoms with Gasteiger partial charge in [0.1, 0.15) is 6.73 Å². The summed E-state index contributed by atoms with van der Waals surface area (Å²) in [4.78, 5) is 11.1. The van der Waals surface area contributed by atoms with Crippen molar-refractivity contribution in [2.45, 2.75) is 20.3 Å². The molecule has 0 aliphatic carbocycles. The molecule has 1 aliphatic rings. The molecule has 1 heterocycles. The van der Waals surface area contributed by atoms with E-state index in [1.54, 1.807) is 0 Å². The van der Waals surface area contributed by atoms with Crippen LogP contribution in [0.25, 0.3) is 0 Å². The molecule has 0 aromatic carbocycles. The van der Waals surface area contributed by atoms with E-state index in [0.717, 1.165) is 0 Å². The SMILES string of the molecule is CC1(C)COP(=O)(CCC(=O)NCO)OC1. The number of carbonyl (C=O) groups excluding carboxylic acids is 1. The third-order valence-electron chi connectivity index (χ3n) is 2.19. The molecule has 7 heteroatoms. The number of aliphatic hydroxyl groups excluding tert-OH is 1. The third-order valence-corrected chi connectivity index (χ3v) is 4.01. The predicted octanol–water partition coefficient (Wildman–Crippen LogP) is 0.709. The van der Waals surface area contributed by atoms with Crippen molar-refractivity contribution in [1.82, 2.24) is 5.32 Å². The largest absolute Gasteiger partial charge is 0.377 e. The van der Waals surface area contributed by atoms with Gasteiger partial charge in [0.25, 0.3) is 0 Å². The molecule has 6 nitrogen and oxygen atoms in total. The van der Waals surface area contributed by atoms with Crippen LogP contribution in [0.1, 0.15) is 20.3 Å². The van der Waals surface area contributed by atoms with Crippen LogP contribution in [0.2, 0.25) is 0 Å². The van der Waals surface area contributed by atoms with E-state index in [1.807, 2.05) is 13.8 Å². The lowest BCUT2D eigenvalue weighted by molar-refractivity contribution is -0.121. The van der Waals surface area contributed by atoms with Gasteiger partial charge in [-0.2, -0.15) is 0 Å². The Kier molecular flexibility index (Phi) is 4.50. The first-order valence-electron chi connectivity index (χ1n) is 5.13. The Hall–Kier alpha value is -0.420. The Balaban J connectivity index is 2.37. The zero-order chi connectivity index (χ0) is 12.2. The normalized spacial score (nSPS) is 22.7. The first kappa shape index (κ1) is 13.6. The molecule has 0 saturated carbocycles. The van der Waals surface area contributed by atoms with Crippen molar-refractivity contribution >= 4 is 13.5 Å². The summed E-state index contributed by atoms with van der Waals surface area (Å²) in [6.07, 6.45) is 0.0766. The summed E-state index contributed by atoms with van der Waals surface area (Å²) in [5, 5.41) is 10.6. The zero-order valence-corrected chi connectivity index (χ0v) is 10.5. The number of hydrogen-bond donors (Lipinski definition) is 2. The van der Waals surface area contributed by atoms with Crippen molar-refractivity contribution in [3.63, 3.8) is 0 Å². The second-order valence-electron chi connectivity index (χ2n) is 4.55. The molecule has 2 N–H and O–H groups in total. The maximum Gasteiger partial charge on any atom is 0.331 e. The number of rotatable bonds is 4. The fraction of sp³-hybridized carbons (Fsp3) is 0.889. The molecule has 0 bridgehead atoms. The monoisotopic (exact) mass is 251 g/mol. The maximum atomic E-state index is 11.9. The molecule has 0 spiro atoms. The Bertz CT molecular complexity index is 290. The van der Waals surface area contributed by atoms with Crippen molar-refractivity contribution in [1.29, 1.82) is 0 Å². The Morgan fingerprint density at radius 2 is 2.00 bits per heavy atom. The molecule has 0 unspecified atom stereocenters. The van der Waals surface area contributed by atoms with E-state index < -0.39 is 14.3 Å². The second kappa shape index (κ2) is 5.27. The minimum absolute atomic E-state index is 0.0261. The summed E-state index contributed by atoms with van der Waals surface area (Å²) in [6, 6.07) is 0. The molecule has 1 fully saturated rings. The van der Waals surface area contributed by atoms with E-state index in [9.17, 15) is 9.36 Å². The van der Waals surface area contributed by atoms with Crippen LogP contribution in [-0.4, -0.2) is 37.1 Å². The molecule has 1 amide bonds. The molecule has 0 radical (unpaired) electrons. The van der Waals surface area contributed by atoms with Gasteiger partial charge in [-0.1, -0.05) is 13.8 Å². The van der Waals surface area contributed by atoms with Gasteiger partial charge in [0, 0.05) is 11.8 Å². The van der Waals surface area contributed by atoms with Crippen LogP contribution in [-0.2, 0) is 18.4 Å². The first-order valence-corrected chi connectivity index (χ1v) is 6.85. The molecule has 16 heavy (non-hydrogen) atoms. The average Bonchev–Trinajstić information content (AvgIpc) is 2.21. The van der Waals surface area contributed by atoms with E-state index in [0.29, 0.717) is 13.2 Å². The van der Waals surface area contributed by atoms with Gasteiger partial charge in [-0.05, 0) is 0 Å². The van der Waals surface area contributed by atoms with Gasteiger partial charge >= 0.3 is 7.60 Å². The summed E-state index contributed by atoms with van der Waals surface area (Å²) in [6.45, 7) is 4.22. The molecule has 1 rings (SSSR count). The van der Waals surface area contributed by atoms with Gasteiger partial charge < -0.3 is 19.5 Å².